The Morgan fingerprint density at radius 3 is 2.43 bits per heavy atom. The molecule has 0 aliphatic carbocycles. The Labute approximate surface area is 130 Å². The average Bonchev–Trinajstić information content (AvgIpc) is 2.42. The van der Waals surface area contributed by atoms with Crippen LogP contribution in [0.1, 0.15) is 20.3 Å². The van der Waals surface area contributed by atoms with Crippen LogP contribution < -0.4 is 0 Å². The number of carbonyl (C=O) groups excluding carboxylic acids is 1. The molecule has 0 aromatic heterocycles. The summed E-state index contributed by atoms with van der Waals surface area (Å²) in [5.41, 5.74) is -0.691. The summed E-state index contributed by atoms with van der Waals surface area (Å²) < 4.78 is 17.4. The van der Waals surface area contributed by atoms with Crippen molar-refractivity contribution in [1.29, 1.82) is 0 Å². The Kier molecular flexibility index (Phi) is 7.51. The molecule has 1 amide bonds. The van der Waals surface area contributed by atoms with E-state index in [1.165, 1.54) is 0 Å². The van der Waals surface area contributed by atoms with Crippen LogP contribution in [0.5, 0.6) is 0 Å². The van der Waals surface area contributed by atoms with Gasteiger partial charge in [-0.3, -0.25) is 4.79 Å². The van der Waals surface area contributed by atoms with E-state index in [0.717, 1.165) is 9.18 Å². The van der Waals surface area contributed by atoms with Gasteiger partial charge in [0, 0.05) is 48.8 Å². The lowest BCUT2D eigenvalue weighted by Crippen LogP contribution is -2.59. The second kappa shape index (κ2) is 8.63. The lowest BCUT2D eigenvalue weighted by atomic mass is 9.98. The van der Waals surface area contributed by atoms with Gasteiger partial charge in [0.25, 0.3) is 6.04 Å². The Bertz CT molecular complexity index is 364. The molecule has 1 rings (SSSR count). The van der Waals surface area contributed by atoms with Crippen molar-refractivity contribution >= 4 is 17.7 Å². The first-order valence-electron chi connectivity index (χ1n) is 6.98. The van der Waals surface area contributed by atoms with Gasteiger partial charge in [0.2, 0.25) is 5.54 Å². The highest BCUT2D eigenvalue weighted by molar-refractivity contribution is 6.22. The number of rotatable bonds is 9. The molecule has 1 unspecified atom stereocenters. The van der Waals surface area contributed by atoms with Gasteiger partial charge in [-0.1, -0.05) is 0 Å². The molecule has 0 radical (unpaired) electrons. The molecule has 0 aromatic rings. The first kappa shape index (κ1) is 18.3. The zero-order valence-corrected chi connectivity index (χ0v) is 13.6. The quantitative estimate of drug-likeness (QED) is 0.359. The van der Waals surface area contributed by atoms with Crippen LogP contribution in [0, 0.1) is 4.91 Å². The molecule has 21 heavy (non-hydrogen) atoms. The number of nitroso groups, excluding NO2 is 1. The van der Waals surface area contributed by atoms with Gasteiger partial charge in [0.1, 0.15) is 6.54 Å². The van der Waals surface area contributed by atoms with Gasteiger partial charge in [-0.05, 0) is 0 Å². The average molecular weight is 324 g/mol. The van der Waals surface area contributed by atoms with E-state index in [-0.39, 0.29) is 12.5 Å². The van der Waals surface area contributed by atoms with Gasteiger partial charge < -0.3 is 14.2 Å². The maximum absolute atomic E-state index is 12.2. The van der Waals surface area contributed by atoms with E-state index < -0.39 is 11.6 Å². The van der Waals surface area contributed by atoms with Crippen LogP contribution in [0.4, 0.5) is 0 Å². The van der Waals surface area contributed by atoms with Gasteiger partial charge >= 0.3 is 5.91 Å². The van der Waals surface area contributed by atoms with E-state index >= 15 is 0 Å². The fraction of sp³-hybridized carbons (Fsp3) is 0.923. The molecule has 1 aliphatic rings. The van der Waals surface area contributed by atoms with Gasteiger partial charge in [0.15, 0.2) is 0 Å². The van der Waals surface area contributed by atoms with Gasteiger partial charge in [-0.15, -0.1) is 0 Å². The number of carbonyl (C=O) groups is 1. The van der Waals surface area contributed by atoms with Crippen LogP contribution >= 0.6 is 11.8 Å². The van der Waals surface area contributed by atoms with Crippen molar-refractivity contribution in [3.05, 3.63) is 4.91 Å². The van der Waals surface area contributed by atoms with Crippen LogP contribution in [-0.4, -0.2) is 73.4 Å². The Morgan fingerprint density at radius 2 is 1.81 bits per heavy atom. The van der Waals surface area contributed by atoms with E-state index in [1.54, 1.807) is 21.0 Å². The minimum Gasteiger partial charge on any atom is -0.382 e. The molecule has 0 bridgehead atoms. The maximum atomic E-state index is 12.2. The molecule has 8 heteroatoms. The largest absolute Gasteiger partial charge is 0.382 e. The van der Waals surface area contributed by atoms with E-state index in [4.69, 9.17) is 26.0 Å². The summed E-state index contributed by atoms with van der Waals surface area (Å²) in [5.74, 6) is -0.370. The van der Waals surface area contributed by atoms with Crippen molar-refractivity contribution < 1.29 is 23.8 Å². The molecular formula is C13H24ClN2O5+. The summed E-state index contributed by atoms with van der Waals surface area (Å²) in [5, 5.41) is 0. The van der Waals surface area contributed by atoms with Crippen molar-refractivity contribution in [2.75, 3.05) is 46.7 Å². The normalized spacial score (nSPS) is 21.9. The Morgan fingerprint density at radius 1 is 1.24 bits per heavy atom. The van der Waals surface area contributed by atoms with E-state index in [2.05, 4.69) is 0 Å². The number of hydrogen-bond acceptors (Lipinski definition) is 5. The van der Waals surface area contributed by atoms with Gasteiger partial charge in [-0.2, -0.15) is 0 Å². The fourth-order valence-corrected chi connectivity index (χ4v) is 2.48. The number of piperazine rings is 1. The van der Waals surface area contributed by atoms with E-state index in [1.807, 2.05) is 0 Å². The summed E-state index contributed by atoms with van der Waals surface area (Å²) in [6.45, 7) is 5.98. The zero-order valence-electron chi connectivity index (χ0n) is 12.8. The molecule has 1 fully saturated rings. The lowest BCUT2D eigenvalue weighted by Gasteiger charge is -2.30. The Hall–Kier alpha value is -0.760. The summed E-state index contributed by atoms with van der Waals surface area (Å²) >= 11 is 5.87. The molecule has 0 aromatic carbocycles. The predicted octanol–water partition coefficient (Wildman–Crippen LogP) is 0.978. The first-order valence-corrected chi connectivity index (χ1v) is 7.32. The SMILES string of the molecule is COCCOCCOCCC1C(=O)N(Cl)CC(C)(C)[N+]1=O. The minimum absolute atomic E-state index is 0.210. The monoisotopic (exact) mass is 323 g/mol. The highest BCUT2D eigenvalue weighted by Crippen LogP contribution is 2.24. The van der Waals surface area contributed by atoms with E-state index in [0.29, 0.717) is 39.5 Å². The van der Waals surface area contributed by atoms with Gasteiger partial charge in [0.05, 0.1) is 33.0 Å². The minimum atomic E-state index is -0.791. The number of ether oxygens (including phenoxy) is 3. The van der Waals surface area contributed by atoms with Crippen molar-refractivity contribution in [2.24, 2.45) is 0 Å². The summed E-state index contributed by atoms with van der Waals surface area (Å²) in [7, 11) is 1.61. The molecule has 1 atom stereocenters. The van der Waals surface area contributed by atoms with Crippen molar-refractivity contribution in [2.45, 2.75) is 31.8 Å². The number of hydrogen-bond donors (Lipinski definition) is 0. The molecule has 0 saturated carbocycles. The number of amides is 1. The third-order valence-corrected chi connectivity index (χ3v) is 3.56. The molecular weight excluding hydrogens is 300 g/mol. The third-order valence-electron chi connectivity index (χ3n) is 3.27. The molecule has 1 saturated heterocycles. The number of nitrogens with zero attached hydrogens (tertiary/aromatic N) is 2. The van der Waals surface area contributed by atoms with Crippen LogP contribution in [0.2, 0.25) is 0 Å². The number of halogens is 1. The second-order valence-electron chi connectivity index (χ2n) is 5.52. The lowest BCUT2D eigenvalue weighted by molar-refractivity contribution is -0.647. The summed E-state index contributed by atoms with van der Waals surface area (Å²) in [4.78, 5) is 24.1. The molecule has 0 N–H and O–H groups in total. The van der Waals surface area contributed by atoms with E-state index in [9.17, 15) is 9.70 Å². The molecule has 7 nitrogen and oxygen atoms in total. The van der Waals surface area contributed by atoms with Crippen molar-refractivity contribution in [3.63, 3.8) is 0 Å². The van der Waals surface area contributed by atoms with Crippen molar-refractivity contribution in [3.8, 4) is 0 Å². The van der Waals surface area contributed by atoms with Crippen LogP contribution in [0.3, 0.4) is 0 Å². The van der Waals surface area contributed by atoms with Gasteiger partial charge in [-0.25, -0.2) is 4.42 Å². The molecule has 1 heterocycles. The number of methoxy groups -OCH3 is 1. The molecule has 0 spiro atoms. The Balaban J connectivity index is 2.26. The fourth-order valence-electron chi connectivity index (χ4n) is 2.07. The topological polar surface area (TPSA) is 68.1 Å². The first-order chi connectivity index (χ1) is 9.90. The molecule has 1 aliphatic heterocycles. The highest BCUT2D eigenvalue weighted by Gasteiger charge is 2.52. The predicted molar refractivity (Wildman–Crippen MR) is 77.2 cm³/mol. The summed E-state index contributed by atoms with van der Waals surface area (Å²) in [6, 6.07) is -0.791. The van der Waals surface area contributed by atoms with Crippen LogP contribution in [-0.2, 0) is 19.0 Å². The smallest absolute Gasteiger partial charge is 0.310 e. The second-order valence-corrected chi connectivity index (χ2v) is 5.93. The van der Waals surface area contributed by atoms with Crippen molar-refractivity contribution in [1.82, 2.24) is 4.42 Å². The highest BCUT2D eigenvalue weighted by atomic mass is 35.5. The maximum Gasteiger partial charge on any atom is 0.310 e. The zero-order chi connectivity index (χ0) is 15.9. The van der Waals surface area contributed by atoms with Crippen LogP contribution in [0.25, 0.3) is 0 Å². The molecule has 122 valence electrons. The van der Waals surface area contributed by atoms with Crippen LogP contribution in [0.15, 0.2) is 0 Å². The third kappa shape index (κ3) is 5.50. The summed E-state index contributed by atoms with van der Waals surface area (Å²) in [6.07, 6.45) is 0.313. The standard InChI is InChI=1S/C13H24ClN2O5/c1-13(2)10-15(14)12(17)11(16(13)18)4-5-20-8-9-21-7-6-19-3/h11H,4-10H2,1-3H3/q+1.